The van der Waals surface area contributed by atoms with Crippen LogP contribution in [0.1, 0.15) is 62.5 Å². The molecule has 2 N–H and O–H groups in total. The first kappa shape index (κ1) is 18.9. The van der Waals surface area contributed by atoms with Crippen LogP contribution >= 0.6 is 0 Å². The highest BCUT2D eigenvalue weighted by Crippen LogP contribution is 2.34. The van der Waals surface area contributed by atoms with E-state index in [-0.39, 0.29) is 24.1 Å². The van der Waals surface area contributed by atoms with Crippen LogP contribution in [0.15, 0.2) is 24.3 Å². The van der Waals surface area contributed by atoms with Crippen LogP contribution in [0.2, 0.25) is 0 Å². The second-order valence-electron chi connectivity index (χ2n) is 7.63. The van der Waals surface area contributed by atoms with E-state index < -0.39 is 0 Å². The van der Waals surface area contributed by atoms with Crippen molar-refractivity contribution in [3.63, 3.8) is 0 Å². The van der Waals surface area contributed by atoms with Gasteiger partial charge in [0.25, 0.3) is 0 Å². The maximum atomic E-state index is 11.8. The smallest absolute Gasteiger partial charge is 0.219 e. The zero-order valence-electron chi connectivity index (χ0n) is 15.6. The lowest BCUT2D eigenvalue weighted by molar-refractivity contribution is -0.135. The van der Waals surface area contributed by atoms with Crippen LogP contribution in [0.4, 0.5) is 0 Å². The zero-order valence-corrected chi connectivity index (χ0v) is 15.6. The van der Waals surface area contributed by atoms with Crippen LogP contribution < -0.4 is 5.73 Å². The lowest BCUT2D eigenvalue weighted by Crippen LogP contribution is -2.56. The lowest BCUT2D eigenvalue weighted by Gasteiger charge is -2.40. The number of rotatable bonds is 4. The van der Waals surface area contributed by atoms with Gasteiger partial charge in [0.1, 0.15) is 0 Å². The molecule has 5 heteroatoms. The fourth-order valence-corrected chi connectivity index (χ4v) is 4.35. The molecule has 5 nitrogen and oxygen atoms in total. The summed E-state index contributed by atoms with van der Waals surface area (Å²) < 4.78 is 6.18. The third kappa shape index (κ3) is 4.44. The molecular formula is C21H29N3O2. The van der Waals surface area contributed by atoms with Crippen molar-refractivity contribution < 1.29 is 9.53 Å². The molecule has 2 atom stereocenters. The van der Waals surface area contributed by atoms with Crippen LogP contribution in [-0.2, 0) is 9.53 Å². The molecule has 3 rings (SSSR count). The Hall–Kier alpha value is -1.90. The van der Waals surface area contributed by atoms with E-state index in [1.54, 1.807) is 6.92 Å². The minimum absolute atomic E-state index is 0.00582. The highest BCUT2D eigenvalue weighted by Gasteiger charge is 2.32. The Morgan fingerprint density at radius 1 is 1.31 bits per heavy atom. The summed E-state index contributed by atoms with van der Waals surface area (Å²) >= 11 is 0. The second kappa shape index (κ2) is 8.66. The molecule has 1 aromatic rings. The summed E-state index contributed by atoms with van der Waals surface area (Å²) in [5.74, 6) is 0.601. The van der Waals surface area contributed by atoms with Crippen LogP contribution in [0, 0.1) is 11.3 Å². The normalized spacial score (nSPS) is 29.2. The van der Waals surface area contributed by atoms with Gasteiger partial charge < -0.3 is 15.4 Å². The Kier molecular flexibility index (Phi) is 6.29. The van der Waals surface area contributed by atoms with Crippen molar-refractivity contribution in [2.45, 2.75) is 69.6 Å². The molecule has 1 aliphatic heterocycles. The van der Waals surface area contributed by atoms with Crippen molar-refractivity contribution in [1.82, 2.24) is 4.90 Å². The molecule has 2 fully saturated rings. The Labute approximate surface area is 156 Å². The number of hydrogen-bond donors (Lipinski definition) is 1. The van der Waals surface area contributed by atoms with Crippen molar-refractivity contribution in [1.29, 1.82) is 5.26 Å². The van der Waals surface area contributed by atoms with E-state index in [4.69, 9.17) is 15.7 Å². The predicted octanol–water partition coefficient (Wildman–Crippen LogP) is 2.94. The first-order valence-electron chi connectivity index (χ1n) is 9.73. The summed E-state index contributed by atoms with van der Waals surface area (Å²) in [6, 6.07) is 10.2. The lowest BCUT2D eigenvalue weighted by atomic mass is 9.82. The summed E-state index contributed by atoms with van der Waals surface area (Å²) in [7, 11) is 0. The molecule has 1 amide bonds. The van der Waals surface area contributed by atoms with Crippen molar-refractivity contribution in [3.8, 4) is 6.07 Å². The van der Waals surface area contributed by atoms with Gasteiger partial charge in [-0.05, 0) is 62.1 Å². The highest BCUT2D eigenvalue weighted by atomic mass is 16.5. The quantitative estimate of drug-likeness (QED) is 0.900. The number of likely N-dealkylation sites (tertiary alicyclic amines) is 1. The molecule has 1 saturated heterocycles. The van der Waals surface area contributed by atoms with Crippen LogP contribution in [-0.4, -0.2) is 42.1 Å². The fraction of sp³-hybridized carbons (Fsp3) is 0.619. The number of hydrogen-bond acceptors (Lipinski definition) is 4. The molecule has 1 saturated carbocycles. The van der Waals surface area contributed by atoms with Crippen molar-refractivity contribution in [2.24, 2.45) is 5.73 Å². The summed E-state index contributed by atoms with van der Waals surface area (Å²) in [5, 5.41) is 9.07. The average Bonchev–Trinajstić information content (AvgIpc) is 2.67. The number of amides is 1. The molecule has 1 aromatic carbocycles. The number of nitrogens with zero attached hydrogens (tertiary/aromatic N) is 2. The summed E-state index contributed by atoms with van der Waals surface area (Å²) in [4.78, 5) is 13.7. The van der Waals surface area contributed by atoms with Gasteiger partial charge in [-0.1, -0.05) is 12.1 Å². The van der Waals surface area contributed by atoms with Crippen LogP contribution in [0.5, 0.6) is 0 Å². The van der Waals surface area contributed by atoms with Crippen molar-refractivity contribution in [3.05, 3.63) is 35.4 Å². The topological polar surface area (TPSA) is 79.3 Å². The highest BCUT2D eigenvalue weighted by molar-refractivity contribution is 5.73. The molecule has 0 aromatic heterocycles. The minimum atomic E-state index is 0.00582. The van der Waals surface area contributed by atoms with Crippen LogP contribution in [0.25, 0.3) is 0 Å². The standard InChI is InChI=1S/C21H29N3O2/c1-15(25)24-11-3-6-20(23)21(24)14-26-19-9-7-17(8-10-19)18-5-2-4-16(12-18)13-22/h2,4-5,12,17,19-21H,3,6-11,14,23H2,1H3/t17-,19+,20-,21-/m0/s1. The average molecular weight is 355 g/mol. The summed E-state index contributed by atoms with van der Waals surface area (Å²) in [6.45, 7) is 2.95. The van der Waals surface area contributed by atoms with E-state index in [1.165, 1.54) is 5.56 Å². The van der Waals surface area contributed by atoms with Gasteiger partial charge in [-0.15, -0.1) is 0 Å². The second-order valence-corrected chi connectivity index (χ2v) is 7.63. The summed E-state index contributed by atoms with van der Waals surface area (Å²) in [6.07, 6.45) is 6.37. The van der Waals surface area contributed by atoms with Crippen molar-refractivity contribution in [2.75, 3.05) is 13.2 Å². The minimum Gasteiger partial charge on any atom is -0.376 e. The van der Waals surface area contributed by atoms with Gasteiger partial charge >= 0.3 is 0 Å². The molecule has 26 heavy (non-hydrogen) atoms. The Bertz CT molecular complexity index is 661. The number of piperidine rings is 1. The van der Waals surface area contributed by atoms with E-state index >= 15 is 0 Å². The molecule has 0 radical (unpaired) electrons. The fourth-order valence-electron chi connectivity index (χ4n) is 4.35. The third-order valence-electron chi connectivity index (χ3n) is 5.90. The van der Waals surface area contributed by atoms with Crippen molar-refractivity contribution >= 4 is 5.91 Å². The maximum Gasteiger partial charge on any atom is 0.219 e. The number of nitrogens with two attached hydrogens (primary N) is 1. The maximum absolute atomic E-state index is 11.8. The van der Waals surface area contributed by atoms with Gasteiger partial charge in [0, 0.05) is 19.5 Å². The summed E-state index contributed by atoms with van der Waals surface area (Å²) in [5.41, 5.74) is 8.24. The molecule has 2 aliphatic rings. The molecule has 0 spiro atoms. The monoisotopic (exact) mass is 355 g/mol. The number of benzene rings is 1. The van der Waals surface area contributed by atoms with E-state index in [2.05, 4.69) is 12.1 Å². The molecule has 1 aliphatic carbocycles. The van der Waals surface area contributed by atoms with E-state index in [1.807, 2.05) is 23.1 Å². The number of carbonyl (C=O) groups excluding carboxylic acids is 1. The molecule has 140 valence electrons. The number of carbonyl (C=O) groups is 1. The molecular weight excluding hydrogens is 326 g/mol. The SMILES string of the molecule is CC(=O)N1CCC[C@H](N)[C@@H]1CO[C@H]1CC[C@@H](c2cccc(C#N)c2)CC1. The Morgan fingerprint density at radius 2 is 2.08 bits per heavy atom. The first-order valence-corrected chi connectivity index (χ1v) is 9.73. The third-order valence-corrected chi connectivity index (χ3v) is 5.90. The Morgan fingerprint density at radius 3 is 2.77 bits per heavy atom. The van der Waals surface area contributed by atoms with Gasteiger partial charge in [-0.25, -0.2) is 0 Å². The Balaban J connectivity index is 1.50. The predicted molar refractivity (Wildman–Crippen MR) is 100 cm³/mol. The first-order chi connectivity index (χ1) is 12.6. The van der Waals surface area contributed by atoms with Gasteiger partial charge in [0.2, 0.25) is 5.91 Å². The van der Waals surface area contributed by atoms with Gasteiger partial charge in [-0.2, -0.15) is 5.26 Å². The molecule has 0 unspecified atom stereocenters. The molecule has 1 heterocycles. The largest absolute Gasteiger partial charge is 0.376 e. The van der Waals surface area contributed by atoms with Gasteiger partial charge in [0.15, 0.2) is 0 Å². The number of nitriles is 1. The van der Waals surface area contributed by atoms with E-state index in [0.717, 1.165) is 50.6 Å². The van der Waals surface area contributed by atoms with Crippen LogP contribution in [0.3, 0.4) is 0 Å². The number of ether oxygens (including phenoxy) is 1. The molecule has 0 bridgehead atoms. The van der Waals surface area contributed by atoms with Gasteiger partial charge in [0.05, 0.1) is 30.4 Å². The van der Waals surface area contributed by atoms with E-state index in [9.17, 15) is 4.79 Å². The van der Waals surface area contributed by atoms with Gasteiger partial charge in [-0.3, -0.25) is 4.79 Å². The van der Waals surface area contributed by atoms with E-state index in [0.29, 0.717) is 12.5 Å². The zero-order chi connectivity index (χ0) is 18.5.